The molecule has 0 unspecified atom stereocenters. The van der Waals surface area contributed by atoms with E-state index in [9.17, 15) is 13.2 Å². The molecule has 0 spiro atoms. The first kappa shape index (κ1) is 17.2. The summed E-state index contributed by atoms with van der Waals surface area (Å²) in [4.78, 5) is 3.69. The van der Waals surface area contributed by atoms with Crippen molar-refractivity contribution < 1.29 is 13.2 Å². The van der Waals surface area contributed by atoms with Crippen LogP contribution in [0, 0.1) is 12.8 Å². The van der Waals surface area contributed by atoms with Gasteiger partial charge in [0.25, 0.3) is 5.82 Å². The SMILES string of the molecule is Cc1cccc2cnn(-c3c(CCC4CC4)ccc4nc(C(F)(F)F)nn34)c12. The van der Waals surface area contributed by atoms with Crippen LogP contribution in [0.1, 0.15) is 36.2 Å². The average molecular weight is 385 g/mol. The number of pyridine rings is 1. The Morgan fingerprint density at radius 1 is 1.14 bits per heavy atom. The van der Waals surface area contributed by atoms with Gasteiger partial charge in [-0.25, -0.2) is 9.67 Å². The number of halogens is 3. The smallest absolute Gasteiger partial charge is 0.214 e. The van der Waals surface area contributed by atoms with Crippen LogP contribution < -0.4 is 0 Å². The van der Waals surface area contributed by atoms with Gasteiger partial charge < -0.3 is 0 Å². The standard InChI is InChI=1S/C20H18F3N5/c1-12-3-2-4-15-11-24-28(17(12)15)18-14(8-7-13-5-6-13)9-10-16-25-19(20(21,22)23)26-27(16)18/h2-4,9-11,13H,5-8H2,1H3. The molecule has 5 nitrogen and oxygen atoms in total. The van der Waals surface area contributed by atoms with Gasteiger partial charge >= 0.3 is 6.18 Å². The predicted octanol–water partition coefficient (Wildman–Crippen LogP) is 4.74. The van der Waals surface area contributed by atoms with Gasteiger partial charge in [0.05, 0.1) is 11.7 Å². The minimum Gasteiger partial charge on any atom is -0.214 e. The molecule has 8 heteroatoms. The van der Waals surface area contributed by atoms with Gasteiger partial charge in [0.15, 0.2) is 11.5 Å². The van der Waals surface area contributed by atoms with Gasteiger partial charge in [-0.1, -0.05) is 37.1 Å². The molecule has 1 saturated carbocycles. The Morgan fingerprint density at radius 3 is 2.71 bits per heavy atom. The fourth-order valence-corrected chi connectivity index (χ4v) is 3.69. The molecule has 1 aliphatic carbocycles. The number of hydrogen-bond donors (Lipinski definition) is 0. The summed E-state index contributed by atoms with van der Waals surface area (Å²) in [5.41, 5.74) is 2.95. The highest BCUT2D eigenvalue weighted by Crippen LogP contribution is 2.35. The highest BCUT2D eigenvalue weighted by molar-refractivity contribution is 5.83. The molecule has 1 aromatic carbocycles. The molecule has 28 heavy (non-hydrogen) atoms. The Hall–Kier alpha value is -2.90. The number of alkyl halides is 3. The second kappa shape index (κ2) is 6.05. The molecule has 0 bridgehead atoms. The summed E-state index contributed by atoms with van der Waals surface area (Å²) in [6.07, 6.45) is 1.36. The van der Waals surface area contributed by atoms with E-state index < -0.39 is 12.0 Å². The molecule has 0 radical (unpaired) electrons. The van der Waals surface area contributed by atoms with Crippen LogP contribution >= 0.6 is 0 Å². The highest BCUT2D eigenvalue weighted by atomic mass is 19.4. The number of nitrogens with zero attached hydrogens (tertiary/aromatic N) is 5. The molecular formula is C20H18F3N5. The topological polar surface area (TPSA) is 48.0 Å². The number of fused-ring (bicyclic) bond motifs is 2. The summed E-state index contributed by atoms with van der Waals surface area (Å²) in [5.74, 6) is 0.104. The lowest BCUT2D eigenvalue weighted by Crippen LogP contribution is -2.12. The maximum atomic E-state index is 13.2. The van der Waals surface area contributed by atoms with Crippen LogP contribution in [0.2, 0.25) is 0 Å². The molecule has 0 N–H and O–H groups in total. The number of benzene rings is 1. The van der Waals surface area contributed by atoms with Crippen LogP contribution in [0.15, 0.2) is 36.5 Å². The number of para-hydroxylation sites is 1. The van der Waals surface area contributed by atoms with Crippen molar-refractivity contribution in [2.24, 2.45) is 5.92 Å². The quantitative estimate of drug-likeness (QED) is 0.510. The summed E-state index contributed by atoms with van der Waals surface area (Å²) in [6, 6.07) is 9.31. The highest BCUT2D eigenvalue weighted by Gasteiger charge is 2.37. The Balaban J connectivity index is 1.77. The van der Waals surface area contributed by atoms with E-state index >= 15 is 0 Å². The third kappa shape index (κ3) is 2.83. The zero-order valence-corrected chi connectivity index (χ0v) is 15.2. The predicted molar refractivity (Wildman–Crippen MR) is 98.4 cm³/mol. The van der Waals surface area contributed by atoms with Crippen LogP contribution in [0.4, 0.5) is 13.2 Å². The molecule has 0 aliphatic heterocycles. The summed E-state index contributed by atoms with van der Waals surface area (Å²) in [7, 11) is 0. The summed E-state index contributed by atoms with van der Waals surface area (Å²) in [6.45, 7) is 1.97. The monoisotopic (exact) mass is 385 g/mol. The number of aryl methyl sites for hydroxylation is 2. The molecule has 3 aromatic heterocycles. The first-order valence-electron chi connectivity index (χ1n) is 9.31. The first-order valence-corrected chi connectivity index (χ1v) is 9.31. The second-order valence-corrected chi connectivity index (χ2v) is 7.44. The van der Waals surface area contributed by atoms with E-state index in [-0.39, 0.29) is 5.65 Å². The first-order chi connectivity index (χ1) is 13.4. The van der Waals surface area contributed by atoms with Gasteiger partial charge in [0, 0.05) is 5.39 Å². The maximum Gasteiger partial charge on any atom is 0.453 e. The van der Waals surface area contributed by atoms with Crippen molar-refractivity contribution in [2.75, 3.05) is 0 Å². The molecule has 0 saturated heterocycles. The van der Waals surface area contributed by atoms with E-state index in [0.29, 0.717) is 11.7 Å². The molecule has 3 heterocycles. The lowest BCUT2D eigenvalue weighted by Gasteiger charge is -2.13. The third-order valence-corrected chi connectivity index (χ3v) is 5.32. The lowest BCUT2D eigenvalue weighted by molar-refractivity contribution is -0.144. The van der Waals surface area contributed by atoms with E-state index in [0.717, 1.165) is 34.9 Å². The Morgan fingerprint density at radius 2 is 1.96 bits per heavy atom. The Bertz CT molecular complexity index is 1180. The van der Waals surface area contributed by atoms with E-state index in [1.54, 1.807) is 16.9 Å². The van der Waals surface area contributed by atoms with Crippen molar-refractivity contribution in [3.8, 4) is 5.82 Å². The lowest BCUT2D eigenvalue weighted by atomic mass is 10.1. The number of rotatable bonds is 4. The molecule has 0 atom stereocenters. The molecule has 0 amide bonds. The van der Waals surface area contributed by atoms with E-state index in [1.807, 2.05) is 31.2 Å². The summed E-state index contributed by atoms with van der Waals surface area (Å²) in [5, 5.41) is 9.23. The fourth-order valence-electron chi connectivity index (χ4n) is 3.69. The molecule has 144 valence electrons. The van der Waals surface area contributed by atoms with Gasteiger partial charge in [-0.2, -0.15) is 22.8 Å². The molecular weight excluding hydrogens is 367 g/mol. The molecule has 5 rings (SSSR count). The van der Waals surface area contributed by atoms with Gasteiger partial charge in [-0.15, -0.1) is 5.10 Å². The number of hydrogen-bond acceptors (Lipinski definition) is 3. The van der Waals surface area contributed by atoms with Gasteiger partial charge in [0.1, 0.15) is 0 Å². The largest absolute Gasteiger partial charge is 0.453 e. The van der Waals surface area contributed by atoms with Crippen LogP contribution in [-0.2, 0) is 12.6 Å². The minimum absolute atomic E-state index is 0.162. The van der Waals surface area contributed by atoms with Crippen molar-refractivity contribution in [3.63, 3.8) is 0 Å². The fraction of sp³-hybridized carbons (Fsp3) is 0.350. The third-order valence-electron chi connectivity index (χ3n) is 5.32. The van der Waals surface area contributed by atoms with Gasteiger partial charge in [0.2, 0.25) is 0 Å². The zero-order chi connectivity index (χ0) is 19.5. The van der Waals surface area contributed by atoms with Crippen molar-refractivity contribution in [1.29, 1.82) is 0 Å². The number of aromatic nitrogens is 5. The van der Waals surface area contributed by atoms with E-state index in [2.05, 4.69) is 15.2 Å². The Labute approximate surface area is 158 Å². The Kier molecular flexibility index (Phi) is 3.72. The average Bonchev–Trinajstić information content (AvgIpc) is 3.20. The van der Waals surface area contributed by atoms with Crippen molar-refractivity contribution in [2.45, 2.75) is 38.8 Å². The van der Waals surface area contributed by atoms with Crippen LogP contribution in [-0.4, -0.2) is 24.4 Å². The van der Waals surface area contributed by atoms with Gasteiger partial charge in [-0.05, 0) is 42.9 Å². The van der Waals surface area contributed by atoms with Crippen LogP contribution in [0.25, 0.3) is 22.4 Å². The van der Waals surface area contributed by atoms with Crippen LogP contribution in [0.3, 0.4) is 0 Å². The molecule has 1 fully saturated rings. The van der Waals surface area contributed by atoms with Crippen molar-refractivity contribution in [3.05, 3.63) is 53.5 Å². The van der Waals surface area contributed by atoms with E-state index in [1.165, 1.54) is 17.4 Å². The van der Waals surface area contributed by atoms with Crippen molar-refractivity contribution in [1.82, 2.24) is 24.4 Å². The maximum absolute atomic E-state index is 13.2. The molecule has 1 aliphatic rings. The second-order valence-electron chi connectivity index (χ2n) is 7.44. The summed E-state index contributed by atoms with van der Waals surface area (Å²) >= 11 is 0. The summed E-state index contributed by atoms with van der Waals surface area (Å²) < 4.78 is 42.6. The minimum atomic E-state index is -4.60. The normalized spacial score (nSPS) is 15.0. The van der Waals surface area contributed by atoms with E-state index in [4.69, 9.17) is 0 Å². The van der Waals surface area contributed by atoms with Crippen LogP contribution in [0.5, 0.6) is 0 Å². The van der Waals surface area contributed by atoms with Crippen molar-refractivity contribution >= 4 is 16.6 Å². The van der Waals surface area contributed by atoms with Gasteiger partial charge in [-0.3, -0.25) is 0 Å². The zero-order valence-electron chi connectivity index (χ0n) is 15.2. The molecule has 4 aromatic rings.